The molecule has 0 aliphatic rings. The molecule has 2 amide bonds. The van der Waals surface area contributed by atoms with Crippen molar-refractivity contribution in [2.24, 2.45) is 11.5 Å². The summed E-state index contributed by atoms with van der Waals surface area (Å²) in [6.07, 6.45) is 41.1. The van der Waals surface area contributed by atoms with Crippen LogP contribution in [0.2, 0.25) is 0 Å². The number of nitrogens with one attached hydrogen (secondary N) is 2. The van der Waals surface area contributed by atoms with E-state index in [2.05, 4.69) is 47.8 Å². The zero-order chi connectivity index (χ0) is 36.9. The van der Waals surface area contributed by atoms with Gasteiger partial charge in [0.05, 0.1) is 6.54 Å². The fourth-order valence-corrected chi connectivity index (χ4v) is 6.43. The molecule has 53 heavy (non-hydrogen) atoms. The molecule has 0 rings (SSSR count). The van der Waals surface area contributed by atoms with E-state index in [9.17, 15) is 9.59 Å². The molecule has 0 heterocycles. The van der Waals surface area contributed by atoms with E-state index < -0.39 is 12.1 Å². The maximum atomic E-state index is 13.4. The van der Waals surface area contributed by atoms with E-state index >= 15 is 0 Å². The Hall–Kier alpha value is -1.26. The molecule has 0 saturated heterocycles. The third kappa shape index (κ3) is 40.2. The summed E-state index contributed by atoms with van der Waals surface area (Å²) in [6, 6.07) is -1.09. The number of guanidine groups is 1. The normalized spacial score (nSPS) is 11.9. The lowest BCUT2D eigenvalue weighted by atomic mass is 10.0. The molecule has 0 saturated carbocycles. The molecule has 0 aliphatic heterocycles. The molecule has 0 aromatic carbocycles. The van der Waals surface area contributed by atoms with Gasteiger partial charge in [0.15, 0.2) is 12.1 Å². The van der Waals surface area contributed by atoms with E-state index in [1.165, 1.54) is 154 Å². The van der Waals surface area contributed by atoms with E-state index in [0.717, 1.165) is 38.8 Å². The fraction of sp³-hybridized carbons (Fsp3) is 0.878. The number of carbonyl (C=O) groups excluding carboxylic acids is 2. The molecule has 12 N–H and O–H groups in total. The van der Waals surface area contributed by atoms with E-state index in [4.69, 9.17) is 11.5 Å². The van der Waals surface area contributed by atoms with Gasteiger partial charge in [-0.05, 0) is 38.5 Å². The van der Waals surface area contributed by atoms with Crippen molar-refractivity contribution in [1.82, 2.24) is 10.2 Å². The van der Waals surface area contributed by atoms with Crippen LogP contribution in [0.5, 0.6) is 0 Å². The quantitative estimate of drug-likeness (QED) is 0.0163. The first-order valence-electron chi connectivity index (χ1n) is 21.3. The van der Waals surface area contributed by atoms with Crippen molar-refractivity contribution < 1.29 is 63.3 Å². The zero-order valence-electron chi connectivity index (χ0n) is 34.4. The second kappa shape index (κ2) is 45.1. The molecule has 318 valence electrons. The highest BCUT2D eigenvalue weighted by Gasteiger charge is 2.26. The highest BCUT2D eigenvalue weighted by atomic mass is 35.5. The van der Waals surface area contributed by atoms with Crippen LogP contribution in [0.15, 0.2) is 12.2 Å². The molecule has 0 fully saturated rings. The van der Waals surface area contributed by atoms with Gasteiger partial charge in [-0.15, -0.1) is 0 Å². The number of unbranched alkanes of at least 4 members (excludes halogenated alkanes) is 25. The summed E-state index contributed by atoms with van der Waals surface area (Å²) in [7, 11) is 0. The SMILES string of the molecule is CCCCCCCC/C=C\CCCCCCCCN(CCCCCCCCCCCCCCCC)C(=O)C([NH3+])CNC(=O)C([NH3+])C[NH+]=C(N)N.[Cl-].[Cl-].[Cl-]. The second-order valence-electron chi connectivity index (χ2n) is 14.8. The Morgan fingerprint density at radius 1 is 0.566 bits per heavy atom. The summed E-state index contributed by atoms with van der Waals surface area (Å²) >= 11 is 0. The summed E-state index contributed by atoms with van der Waals surface area (Å²) in [5, 5.41) is 2.84. The third-order valence-corrected chi connectivity index (χ3v) is 9.83. The van der Waals surface area contributed by atoms with E-state index in [0.29, 0.717) is 0 Å². The van der Waals surface area contributed by atoms with Gasteiger partial charge in [0.25, 0.3) is 11.8 Å². The number of hydrogen-bond donors (Lipinski definition) is 6. The first-order valence-corrected chi connectivity index (χ1v) is 21.3. The van der Waals surface area contributed by atoms with Crippen LogP contribution in [0.1, 0.15) is 194 Å². The minimum absolute atomic E-state index is 0. The van der Waals surface area contributed by atoms with E-state index in [-0.39, 0.29) is 68.1 Å². The lowest BCUT2D eigenvalue weighted by Crippen LogP contribution is -3.00. The highest BCUT2D eigenvalue weighted by molar-refractivity contribution is 5.83. The molecule has 0 spiro atoms. The van der Waals surface area contributed by atoms with E-state index in [1.807, 2.05) is 4.90 Å². The number of allylic oxidation sites excluding steroid dienone is 2. The Bertz CT molecular complexity index is 848. The van der Waals surface area contributed by atoms with Crippen molar-refractivity contribution in [3.63, 3.8) is 0 Å². The first kappa shape index (κ1) is 58.4. The van der Waals surface area contributed by atoms with Crippen molar-refractivity contribution in [1.29, 1.82) is 0 Å². The molecule has 0 aliphatic carbocycles. The maximum Gasteiger partial charge on any atom is 0.339 e. The number of rotatable bonds is 37. The van der Waals surface area contributed by atoms with Crippen molar-refractivity contribution in [3.05, 3.63) is 12.2 Å². The van der Waals surface area contributed by atoms with Crippen molar-refractivity contribution in [2.45, 2.75) is 206 Å². The minimum atomic E-state index is -0.563. The van der Waals surface area contributed by atoms with Gasteiger partial charge in [0.2, 0.25) is 0 Å². The van der Waals surface area contributed by atoms with Crippen molar-refractivity contribution in [3.8, 4) is 0 Å². The van der Waals surface area contributed by atoms with Gasteiger partial charge >= 0.3 is 5.96 Å². The lowest BCUT2D eigenvalue weighted by molar-refractivity contribution is -0.525. The Labute approximate surface area is 345 Å². The Morgan fingerprint density at radius 3 is 1.26 bits per heavy atom. The Balaban J connectivity index is -0.00000400. The zero-order valence-corrected chi connectivity index (χ0v) is 36.7. The summed E-state index contributed by atoms with van der Waals surface area (Å²) in [4.78, 5) is 30.6. The van der Waals surface area contributed by atoms with Gasteiger partial charge in [0.1, 0.15) is 6.54 Å². The Morgan fingerprint density at radius 2 is 0.906 bits per heavy atom. The summed E-state index contributed by atoms with van der Waals surface area (Å²) in [6.45, 7) is 6.54. The molecule has 0 aromatic rings. The number of nitrogens with two attached hydrogens (primary N) is 2. The molecule has 12 heteroatoms. The summed E-state index contributed by atoms with van der Waals surface area (Å²) in [5.74, 6) is -0.153. The molecule has 0 aromatic heterocycles. The number of carbonyl (C=O) groups is 2. The highest BCUT2D eigenvalue weighted by Crippen LogP contribution is 2.14. The van der Waals surface area contributed by atoms with Crippen molar-refractivity contribution >= 4 is 17.8 Å². The number of nitrogens with zero attached hydrogens (tertiary/aromatic N) is 1. The van der Waals surface area contributed by atoms with Crippen LogP contribution in [0.3, 0.4) is 0 Å². The van der Waals surface area contributed by atoms with Crippen LogP contribution in [0, 0.1) is 0 Å². The van der Waals surface area contributed by atoms with E-state index in [1.54, 1.807) is 0 Å². The van der Waals surface area contributed by atoms with Gasteiger partial charge in [-0.2, -0.15) is 0 Å². The molecular weight excluding hydrogens is 729 g/mol. The topological polar surface area (TPSA) is 171 Å². The average molecular weight is 816 g/mol. The van der Waals surface area contributed by atoms with Gasteiger partial charge in [-0.3, -0.25) is 26.0 Å². The van der Waals surface area contributed by atoms with Crippen LogP contribution in [0.25, 0.3) is 0 Å². The average Bonchev–Trinajstić information content (AvgIpc) is 3.11. The predicted octanol–water partition coefficient (Wildman–Crippen LogP) is -3.96. The Kier molecular flexibility index (Phi) is 49.8. The maximum absolute atomic E-state index is 13.4. The van der Waals surface area contributed by atoms with Crippen LogP contribution < -0.4 is 70.5 Å². The van der Waals surface area contributed by atoms with Crippen LogP contribution >= 0.6 is 0 Å². The number of halogens is 3. The molecule has 9 nitrogen and oxygen atoms in total. The fourth-order valence-electron chi connectivity index (χ4n) is 6.43. The van der Waals surface area contributed by atoms with Crippen LogP contribution in [-0.2, 0) is 9.59 Å². The largest absolute Gasteiger partial charge is 1.00 e. The number of quaternary nitrogens is 2. The van der Waals surface area contributed by atoms with Crippen LogP contribution in [0.4, 0.5) is 0 Å². The number of hydrogen-bond acceptors (Lipinski definition) is 2. The second-order valence-corrected chi connectivity index (χ2v) is 14.8. The molecular formula is C41H86Cl3N7O2. The summed E-state index contributed by atoms with van der Waals surface area (Å²) in [5.41, 5.74) is 18.8. The first-order chi connectivity index (χ1) is 24.3. The van der Waals surface area contributed by atoms with Crippen LogP contribution in [-0.4, -0.2) is 60.9 Å². The molecule has 2 unspecified atom stereocenters. The summed E-state index contributed by atoms with van der Waals surface area (Å²) < 4.78 is 0. The van der Waals surface area contributed by atoms with Gasteiger partial charge in [-0.1, -0.05) is 167 Å². The van der Waals surface area contributed by atoms with Gasteiger partial charge in [0, 0.05) is 13.1 Å². The predicted molar refractivity (Wildman–Crippen MR) is 212 cm³/mol. The monoisotopic (exact) mass is 814 g/mol. The van der Waals surface area contributed by atoms with Gasteiger partial charge in [-0.25, -0.2) is 0 Å². The smallest absolute Gasteiger partial charge is 0.339 e. The minimum Gasteiger partial charge on any atom is -1.00 e. The lowest BCUT2D eigenvalue weighted by Gasteiger charge is -2.24. The van der Waals surface area contributed by atoms with Crippen molar-refractivity contribution in [2.75, 3.05) is 26.2 Å². The number of amides is 2. The van der Waals surface area contributed by atoms with Gasteiger partial charge < -0.3 is 58.9 Å². The molecule has 0 radical (unpaired) electrons. The molecule has 0 bridgehead atoms. The standard InChI is InChI=1S/C41H83N7O2.3ClH/c1-3-5-7-9-11-13-15-17-19-20-22-24-26-28-30-32-34-48(40(50)38(43)36-46-39(49)37(42)35-47-41(44)45)33-31-29-27-25-23-21-18-16-14-12-10-8-6-4-2;;;/h17,19,37-38H,3-16,18,20-36,42-43H2,1-2H3,(H,46,49)(H4,44,45,47);3*1H/b19-17-;;;. The third-order valence-electron chi connectivity index (χ3n) is 9.83. The molecule has 2 atom stereocenters.